The van der Waals surface area contributed by atoms with E-state index in [1.165, 1.54) is 12.1 Å². The molecule has 166 valence electrons. The molecule has 4 rings (SSSR count). The molecule has 4 nitrogen and oxygen atoms in total. The number of aromatic nitrogens is 1. The van der Waals surface area contributed by atoms with Crippen LogP contribution in [-0.2, 0) is 4.79 Å². The maximum atomic E-state index is 13.8. The zero-order valence-electron chi connectivity index (χ0n) is 18.4. The monoisotopic (exact) mass is 441 g/mol. The summed E-state index contributed by atoms with van der Waals surface area (Å²) in [5, 5.41) is 10.3. The van der Waals surface area contributed by atoms with Gasteiger partial charge in [-0.2, -0.15) is 0 Å². The molecule has 1 aromatic heterocycles. The third-order valence-corrected chi connectivity index (χ3v) is 5.63. The molecular weight excluding hydrogens is 417 g/mol. The average Bonchev–Trinajstić information content (AvgIpc) is 3.26. The average molecular weight is 442 g/mol. The quantitative estimate of drug-likeness (QED) is 0.328. The Hall–Kier alpha value is -4.04. The molecule has 0 aliphatic carbocycles. The maximum absolute atomic E-state index is 13.8. The smallest absolute Gasteiger partial charge is 0.304 e. The van der Waals surface area contributed by atoms with Crippen molar-refractivity contribution < 1.29 is 19.0 Å². The molecule has 0 aliphatic rings. The SMILES string of the molecule is CC#CC(CC(=O)O)c1ccc(OC(c2ccc3cc[nH]c3c2)c2ccc(F)cc2C)cc1. The molecule has 3 aromatic carbocycles. The Morgan fingerprint density at radius 2 is 1.82 bits per heavy atom. The van der Waals surface area contributed by atoms with Gasteiger partial charge in [0.25, 0.3) is 0 Å². The predicted molar refractivity (Wildman–Crippen MR) is 127 cm³/mol. The number of hydrogen-bond acceptors (Lipinski definition) is 2. The zero-order chi connectivity index (χ0) is 23.4. The minimum Gasteiger partial charge on any atom is -0.481 e. The van der Waals surface area contributed by atoms with Crippen LogP contribution in [0, 0.1) is 24.6 Å². The molecule has 0 aliphatic heterocycles. The van der Waals surface area contributed by atoms with Gasteiger partial charge in [0.15, 0.2) is 0 Å². The van der Waals surface area contributed by atoms with Crippen molar-refractivity contribution in [3.05, 3.63) is 101 Å². The van der Waals surface area contributed by atoms with Gasteiger partial charge in [-0.15, -0.1) is 5.92 Å². The fraction of sp³-hybridized carbons (Fsp3) is 0.179. The summed E-state index contributed by atoms with van der Waals surface area (Å²) < 4.78 is 20.2. The van der Waals surface area contributed by atoms with Crippen LogP contribution in [-0.4, -0.2) is 16.1 Å². The van der Waals surface area contributed by atoms with Gasteiger partial charge < -0.3 is 14.8 Å². The van der Waals surface area contributed by atoms with E-state index in [1.54, 1.807) is 13.0 Å². The van der Waals surface area contributed by atoms with E-state index in [1.807, 2.05) is 61.7 Å². The highest BCUT2D eigenvalue weighted by atomic mass is 19.1. The van der Waals surface area contributed by atoms with E-state index < -0.39 is 12.1 Å². The molecule has 0 radical (unpaired) electrons. The van der Waals surface area contributed by atoms with Gasteiger partial charge in [0.1, 0.15) is 17.7 Å². The first kappa shape index (κ1) is 22.2. The van der Waals surface area contributed by atoms with Crippen molar-refractivity contribution in [3.63, 3.8) is 0 Å². The molecular formula is C28H24FNO3. The number of aromatic amines is 1. The minimum absolute atomic E-state index is 0.0609. The third-order valence-electron chi connectivity index (χ3n) is 5.63. The van der Waals surface area contributed by atoms with E-state index in [4.69, 9.17) is 4.74 Å². The number of hydrogen-bond donors (Lipinski definition) is 2. The number of fused-ring (bicyclic) bond motifs is 1. The van der Waals surface area contributed by atoms with E-state index in [0.717, 1.165) is 33.2 Å². The number of carbonyl (C=O) groups is 1. The van der Waals surface area contributed by atoms with Gasteiger partial charge in [-0.05, 0) is 72.3 Å². The fourth-order valence-electron chi connectivity index (χ4n) is 3.99. The first-order valence-electron chi connectivity index (χ1n) is 10.7. The number of nitrogens with one attached hydrogen (secondary N) is 1. The summed E-state index contributed by atoms with van der Waals surface area (Å²) in [6.45, 7) is 3.56. The van der Waals surface area contributed by atoms with Crippen LogP contribution >= 0.6 is 0 Å². The summed E-state index contributed by atoms with van der Waals surface area (Å²) in [6, 6.07) is 20.1. The van der Waals surface area contributed by atoms with Crippen LogP contribution in [0.15, 0.2) is 72.9 Å². The minimum atomic E-state index is -0.894. The van der Waals surface area contributed by atoms with Crippen LogP contribution in [0.25, 0.3) is 10.9 Å². The van der Waals surface area contributed by atoms with E-state index >= 15 is 0 Å². The van der Waals surface area contributed by atoms with E-state index in [-0.39, 0.29) is 18.2 Å². The van der Waals surface area contributed by atoms with Gasteiger partial charge in [-0.25, -0.2) is 4.39 Å². The number of rotatable bonds is 7. The summed E-state index contributed by atoms with van der Waals surface area (Å²) in [5.41, 5.74) is 4.41. The Morgan fingerprint density at radius 3 is 2.52 bits per heavy atom. The van der Waals surface area contributed by atoms with E-state index in [0.29, 0.717) is 5.75 Å². The maximum Gasteiger partial charge on any atom is 0.304 e. The van der Waals surface area contributed by atoms with Crippen molar-refractivity contribution in [2.24, 2.45) is 0 Å². The van der Waals surface area contributed by atoms with E-state index in [9.17, 15) is 14.3 Å². The zero-order valence-corrected chi connectivity index (χ0v) is 18.4. The Labute approximate surface area is 192 Å². The summed E-state index contributed by atoms with van der Waals surface area (Å²) >= 11 is 0. The van der Waals surface area contributed by atoms with Crippen molar-refractivity contribution in [1.29, 1.82) is 0 Å². The van der Waals surface area contributed by atoms with Gasteiger partial charge in [-0.3, -0.25) is 4.79 Å². The van der Waals surface area contributed by atoms with Gasteiger partial charge in [-0.1, -0.05) is 36.3 Å². The first-order chi connectivity index (χ1) is 15.9. The van der Waals surface area contributed by atoms with Gasteiger partial charge in [0, 0.05) is 17.3 Å². The number of halogens is 1. The second-order valence-corrected chi connectivity index (χ2v) is 7.94. The molecule has 0 bridgehead atoms. The molecule has 1 heterocycles. The van der Waals surface area contributed by atoms with Crippen LogP contribution in [0.2, 0.25) is 0 Å². The molecule has 0 saturated carbocycles. The van der Waals surface area contributed by atoms with Crippen molar-refractivity contribution in [2.45, 2.75) is 32.3 Å². The van der Waals surface area contributed by atoms with Crippen molar-refractivity contribution >= 4 is 16.9 Å². The first-order valence-corrected chi connectivity index (χ1v) is 10.7. The highest BCUT2D eigenvalue weighted by Gasteiger charge is 2.20. The number of H-pyrrole nitrogens is 1. The van der Waals surface area contributed by atoms with Gasteiger partial charge in [0.2, 0.25) is 0 Å². The lowest BCUT2D eigenvalue weighted by atomic mass is 9.95. The number of ether oxygens (including phenoxy) is 1. The van der Waals surface area contributed by atoms with Crippen LogP contribution in [0.1, 0.15) is 47.6 Å². The van der Waals surface area contributed by atoms with E-state index in [2.05, 4.69) is 16.8 Å². The molecule has 0 fully saturated rings. The van der Waals surface area contributed by atoms with Crippen molar-refractivity contribution in [1.82, 2.24) is 4.98 Å². The number of carboxylic acid groups (broad SMARTS) is 1. The summed E-state index contributed by atoms with van der Waals surface area (Å²) in [6.07, 6.45) is 1.38. The van der Waals surface area contributed by atoms with Crippen LogP contribution in [0.4, 0.5) is 4.39 Å². The van der Waals surface area contributed by atoms with Crippen LogP contribution < -0.4 is 4.74 Å². The lowest BCUT2D eigenvalue weighted by Gasteiger charge is -2.22. The molecule has 0 amide bonds. The summed E-state index contributed by atoms with van der Waals surface area (Å²) in [4.78, 5) is 14.4. The Morgan fingerprint density at radius 1 is 1.06 bits per heavy atom. The number of aliphatic carboxylic acids is 1. The lowest BCUT2D eigenvalue weighted by Crippen LogP contribution is -2.11. The predicted octanol–water partition coefficient (Wildman–Crippen LogP) is 6.37. The normalized spacial score (nSPS) is 12.6. The summed E-state index contributed by atoms with van der Waals surface area (Å²) in [7, 11) is 0. The Kier molecular flexibility index (Phi) is 6.46. The van der Waals surface area contributed by atoms with Gasteiger partial charge in [0.05, 0.1) is 12.3 Å². The molecule has 0 saturated heterocycles. The molecule has 2 atom stereocenters. The highest BCUT2D eigenvalue weighted by molar-refractivity contribution is 5.80. The Balaban J connectivity index is 1.69. The molecule has 33 heavy (non-hydrogen) atoms. The van der Waals surface area contributed by atoms with Crippen molar-refractivity contribution in [3.8, 4) is 17.6 Å². The molecule has 4 aromatic rings. The largest absolute Gasteiger partial charge is 0.481 e. The van der Waals surface area contributed by atoms with Crippen LogP contribution in [0.5, 0.6) is 5.75 Å². The number of carboxylic acids is 1. The van der Waals surface area contributed by atoms with Gasteiger partial charge >= 0.3 is 5.97 Å². The molecule has 0 spiro atoms. The van der Waals surface area contributed by atoms with Crippen LogP contribution in [0.3, 0.4) is 0 Å². The molecule has 2 N–H and O–H groups in total. The lowest BCUT2D eigenvalue weighted by molar-refractivity contribution is -0.137. The summed E-state index contributed by atoms with van der Waals surface area (Å²) in [5.74, 6) is 4.82. The second kappa shape index (κ2) is 9.62. The Bertz CT molecular complexity index is 1350. The molecule has 2 unspecified atom stereocenters. The third kappa shape index (κ3) is 5.07. The number of aryl methyl sites for hydroxylation is 1. The fourth-order valence-corrected chi connectivity index (χ4v) is 3.99. The highest BCUT2D eigenvalue weighted by Crippen LogP contribution is 2.33. The topological polar surface area (TPSA) is 62.3 Å². The van der Waals surface area contributed by atoms with Crippen molar-refractivity contribution in [2.75, 3.05) is 0 Å². The molecule has 5 heteroatoms. The second-order valence-electron chi connectivity index (χ2n) is 7.94. The number of benzene rings is 3. The standard InChI is InChI=1S/C28H24FNO3/c1-3-4-21(17-27(31)32)19-7-10-24(11-8-19)33-28(25-12-9-23(29)15-18(25)2)22-6-5-20-13-14-30-26(20)16-22/h5-16,21,28,30H,17H2,1-2H3,(H,31,32).